The van der Waals surface area contributed by atoms with Crippen molar-refractivity contribution >= 4 is 11.9 Å². The zero-order valence-corrected chi connectivity index (χ0v) is 21.0. The van der Waals surface area contributed by atoms with Crippen molar-refractivity contribution in [3.63, 3.8) is 0 Å². The van der Waals surface area contributed by atoms with Crippen LogP contribution in [-0.2, 0) is 16.0 Å². The molecular formula is C28H25NO9. The first-order valence-corrected chi connectivity index (χ1v) is 12.1. The highest BCUT2D eigenvalue weighted by Gasteiger charge is 2.50. The fourth-order valence-electron chi connectivity index (χ4n) is 5.59. The van der Waals surface area contributed by atoms with Crippen LogP contribution in [0, 0.1) is 11.8 Å². The van der Waals surface area contributed by atoms with Gasteiger partial charge in [0.1, 0.15) is 5.69 Å². The third kappa shape index (κ3) is 3.75. The minimum Gasteiger partial charge on any atom is -0.493 e. The monoisotopic (exact) mass is 519 g/mol. The van der Waals surface area contributed by atoms with Gasteiger partial charge in [-0.2, -0.15) is 0 Å². The number of esters is 2. The zero-order valence-electron chi connectivity index (χ0n) is 21.0. The van der Waals surface area contributed by atoms with Crippen molar-refractivity contribution in [3.8, 4) is 34.5 Å². The molecule has 6 rings (SSSR count). The number of aromatic nitrogens is 1. The third-order valence-electron chi connectivity index (χ3n) is 7.25. The average molecular weight is 520 g/mol. The van der Waals surface area contributed by atoms with Crippen LogP contribution < -0.4 is 28.4 Å². The fourth-order valence-corrected chi connectivity index (χ4v) is 5.59. The summed E-state index contributed by atoms with van der Waals surface area (Å²) in [5, 5.41) is 0. The Hall–Kier alpha value is -4.47. The van der Waals surface area contributed by atoms with E-state index in [0.717, 1.165) is 16.7 Å². The number of benzene rings is 2. The van der Waals surface area contributed by atoms with Gasteiger partial charge in [0.05, 0.1) is 33.9 Å². The van der Waals surface area contributed by atoms with E-state index < -0.39 is 17.8 Å². The molecule has 0 amide bonds. The molecule has 1 aromatic heterocycles. The van der Waals surface area contributed by atoms with Gasteiger partial charge < -0.3 is 33.2 Å². The number of carbonyl (C=O) groups excluding carboxylic acids is 2. The Kier molecular flexibility index (Phi) is 5.94. The van der Waals surface area contributed by atoms with Gasteiger partial charge in [0, 0.05) is 23.6 Å². The molecule has 2 aromatic carbocycles. The van der Waals surface area contributed by atoms with E-state index in [4.69, 9.17) is 33.2 Å². The number of cyclic esters (lactones) is 1. The van der Waals surface area contributed by atoms with E-state index in [2.05, 4.69) is 4.98 Å². The van der Waals surface area contributed by atoms with Gasteiger partial charge in [0.25, 0.3) is 0 Å². The van der Waals surface area contributed by atoms with E-state index in [1.807, 2.05) is 18.2 Å². The van der Waals surface area contributed by atoms with Crippen molar-refractivity contribution in [2.45, 2.75) is 12.3 Å². The summed E-state index contributed by atoms with van der Waals surface area (Å²) in [6.45, 7) is 0.238. The SMILES string of the molecule is COc1cc([C@@H]2c3cc4c(c(OC(=O)c5ccccn5)c3C[C@H]3COC(=O)[C@@H]32)OCO4)cc(OC)c1OC. The number of hydrogen-bond donors (Lipinski definition) is 0. The largest absolute Gasteiger partial charge is 0.493 e. The number of methoxy groups -OCH3 is 3. The van der Waals surface area contributed by atoms with E-state index in [-0.39, 0.29) is 36.7 Å². The molecule has 1 saturated heterocycles. The Balaban J connectivity index is 1.54. The molecule has 3 aliphatic rings. The molecule has 0 bridgehead atoms. The average Bonchev–Trinajstić information content (AvgIpc) is 3.58. The van der Waals surface area contributed by atoms with Gasteiger partial charge in [-0.3, -0.25) is 4.79 Å². The summed E-state index contributed by atoms with van der Waals surface area (Å²) < 4.78 is 39.6. The maximum absolute atomic E-state index is 13.1. The first-order chi connectivity index (χ1) is 18.5. The molecule has 0 unspecified atom stereocenters. The quantitative estimate of drug-likeness (QED) is 0.354. The van der Waals surface area contributed by atoms with Gasteiger partial charge >= 0.3 is 11.9 Å². The molecule has 0 N–H and O–H groups in total. The first kappa shape index (κ1) is 23.9. The molecule has 0 radical (unpaired) electrons. The van der Waals surface area contributed by atoms with Crippen LogP contribution in [0.3, 0.4) is 0 Å². The van der Waals surface area contributed by atoms with E-state index in [9.17, 15) is 9.59 Å². The molecule has 10 nitrogen and oxygen atoms in total. The lowest BCUT2D eigenvalue weighted by atomic mass is 9.67. The summed E-state index contributed by atoms with van der Waals surface area (Å²) in [6, 6.07) is 10.5. The highest BCUT2D eigenvalue weighted by molar-refractivity contribution is 5.90. The third-order valence-corrected chi connectivity index (χ3v) is 7.25. The highest BCUT2D eigenvalue weighted by atomic mass is 16.7. The summed E-state index contributed by atoms with van der Waals surface area (Å²) in [4.78, 5) is 30.2. The Bertz CT molecular complexity index is 1400. The second-order valence-electron chi connectivity index (χ2n) is 9.17. The second-order valence-corrected chi connectivity index (χ2v) is 9.17. The molecule has 0 spiro atoms. The van der Waals surface area contributed by atoms with Gasteiger partial charge in [-0.05, 0) is 47.9 Å². The van der Waals surface area contributed by atoms with Crippen LogP contribution in [-0.4, -0.2) is 51.7 Å². The van der Waals surface area contributed by atoms with E-state index >= 15 is 0 Å². The van der Waals surface area contributed by atoms with Crippen LogP contribution in [0.15, 0.2) is 42.6 Å². The van der Waals surface area contributed by atoms with Crippen molar-refractivity contribution in [2.75, 3.05) is 34.7 Å². The number of hydrogen-bond acceptors (Lipinski definition) is 10. The van der Waals surface area contributed by atoms with Gasteiger partial charge in [-0.25, -0.2) is 9.78 Å². The summed E-state index contributed by atoms with van der Waals surface area (Å²) in [7, 11) is 4.61. The van der Waals surface area contributed by atoms with Crippen molar-refractivity contribution in [3.05, 3.63) is 65.0 Å². The van der Waals surface area contributed by atoms with E-state index in [1.54, 1.807) is 18.2 Å². The summed E-state index contributed by atoms with van der Waals surface area (Å²) >= 11 is 0. The van der Waals surface area contributed by atoms with Gasteiger partial charge in [0.2, 0.25) is 18.3 Å². The maximum atomic E-state index is 13.1. The summed E-state index contributed by atoms with van der Waals surface area (Å²) in [6.07, 6.45) is 1.97. The fraction of sp³-hybridized carbons (Fsp3) is 0.321. The summed E-state index contributed by atoms with van der Waals surface area (Å²) in [5.74, 6) is 0.406. The van der Waals surface area contributed by atoms with Gasteiger partial charge in [-0.1, -0.05) is 6.07 Å². The molecular weight excluding hydrogens is 494 g/mol. The second kappa shape index (κ2) is 9.44. The molecule has 196 valence electrons. The minimum atomic E-state index is -0.623. The van der Waals surface area contributed by atoms with Crippen molar-refractivity contribution in [2.24, 2.45) is 11.8 Å². The number of carbonyl (C=O) groups is 2. The summed E-state index contributed by atoms with van der Waals surface area (Å²) in [5.41, 5.74) is 2.44. The van der Waals surface area contributed by atoms with Crippen LogP contribution in [0.1, 0.15) is 33.1 Å². The smallest absolute Gasteiger partial charge is 0.362 e. The minimum absolute atomic E-state index is 0.0177. The van der Waals surface area contributed by atoms with Crippen molar-refractivity contribution in [1.82, 2.24) is 4.98 Å². The van der Waals surface area contributed by atoms with Crippen LogP contribution in [0.5, 0.6) is 34.5 Å². The van der Waals surface area contributed by atoms with Crippen LogP contribution in [0.25, 0.3) is 0 Å². The van der Waals surface area contributed by atoms with Gasteiger partial charge in [-0.15, -0.1) is 0 Å². The molecule has 3 aromatic rings. The van der Waals surface area contributed by atoms with Crippen molar-refractivity contribution < 1.29 is 42.7 Å². The van der Waals surface area contributed by atoms with Crippen LogP contribution in [0.4, 0.5) is 0 Å². The highest BCUT2D eigenvalue weighted by Crippen LogP contribution is 2.56. The zero-order chi connectivity index (χ0) is 26.4. The van der Waals surface area contributed by atoms with Crippen LogP contribution in [0.2, 0.25) is 0 Å². The van der Waals surface area contributed by atoms with Crippen LogP contribution >= 0.6 is 0 Å². The normalized spacial score (nSPS) is 20.7. The number of fused-ring (bicyclic) bond motifs is 3. The molecule has 1 fully saturated rings. The lowest BCUT2D eigenvalue weighted by molar-refractivity contribution is -0.141. The lowest BCUT2D eigenvalue weighted by Gasteiger charge is -2.34. The molecule has 1 aliphatic carbocycles. The predicted molar refractivity (Wildman–Crippen MR) is 131 cm³/mol. The van der Waals surface area contributed by atoms with E-state index in [1.165, 1.54) is 27.5 Å². The topological polar surface area (TPSA) is 112 Å². The van der Waals surface area contributed by atoms with E-state index in [0.29, 0.717) is 35.2 Å². The Labute approximate surface area is 218 Å². The molecule has 3 heterocycles. The molecule has 3 atom stereocenters. The Morgan fingerprint density at radius 2 is 1.76 bits per heavy atom. The molecule has 0 saturated carbocycles. The standard InChI is InChI=1S/C28H25NO9/c1-32-19-9-14(10-20(33-2)25(19)34-3)22-16-11-21-26(37-13-36-21)24(38-27(30)18-6-4-5-7-29-18)17(16)8-15-12-35-28(31)23(15)22/h4-7,9-11,15,22-23H,8,12-13H2,1-3H3/t15-,22+,23-/m0/s1. The number of ether oxygens (including phenoxy) is 7. The Morgan fingerprint density at radius 3 is 2.45 bits per heavy atom. The van der Waals surface area contributed by atoms with Gasteiger partial charge in [0.15, 0.2) is 23.0 Å². The molecule has 38 heavy (non-hydrogen) atoms. The van der Waals surface area contributed by atoms with Crippen molar-refractivity contribution in [1.29, 1.82) is 0 Å². The predicted octanol–water partition coefficient (Wildman–Crippen LogP) is 3.53. The number of pyridine rings is 1. The lowest BCUT2D eigenvalue weighted by Crippen LogP contribution is -2.32. The number of rotatable bonds is 6. The maximum Gasteiger partial charge on any atom is 0.362 e. The number of nitrogens with zero attached hydrogens (tertiary/aromatic N) is 1. The first-order valence-electron chi connectivity index (χ1n) is 12.1. The molecule has 10 heteroatoms. The molecule has 2 aliphatic heterocycles. The Morgan fingerprint density at radius 1 is 0.974 bits per heavy atom.